The van der Waals surface area contributed by atoms with Crippen molar-refractivity contribution in [3.05, 3.63) is 18.2 Å². The minimum Gasteiger partial charge on any atom is -0.396 e. The second-order valence-corrected chi connectivity index (χ2v) is 6.46. The van der Waals surface area contributed by atoms with E-state index in [2.05, 4.69) is 20.2 Å². The average Bonchev–Trinajstić information content (AvgIpc) is 2.81. The number of aliphatic hydroxyl groups excluding tert-OH is 1. The predicted octanol–water partition coefficient (Wildman–Crippen LogP) is 2.21. The molecule has 1 aromatic rings. The molecule has 2 rings (SSSR count). The van der Waals surface area contributed by atoms with Crippen molar-refractivity contribution >= 4 is 6.03 Å². The molecule has 0 aromatic carbocycles. The lowest BCUT2D eigenvalue weighted by Crippen LogP contribution is -2.46. The molecule has 1 saturated carbocycles. The SMILES string of the molecule is Cc1nccn1CCCCNC(=O)NC1CCCCCC1CO. The van der Waals surface area contributed by atoms with Gasteiger partial charge in [-0.25, -0.2) is 9.78 Å². The third kappa shape index (κ3) is 5.86. The first-order valence-electron chi connectivity index (χ1n) is 8.83. The molecule has 0 radical (unpaired) electrons. The summed E-state index contributed by atoms with van der Waals surface area (Å²) in [6, 6.07) is 0.00487. The third-order valence-electron chi connectivity index (χ3n) is 4.75. The zero-order chi connectivity index (χ0) is 16.5. The second kappa shape index (κ2) is 9.55. The molecule has 1 aromatic heterocycles. The highest BCUT2D eigenvalue weighted by molar-refractivity contribution is 5.74. The van der Waals surface area contributed by atoms with Gasteiger partial charge in [0.25, 0.3) is 0 Å². The molecule has 1 heterocycles. The molecule has 0 aliphatic heterocycles. The lowest BCUT2D eigenvalue weighted by Gasteiger charge is -2.24. The number of aromatic nitrogens is 2. The zero-order valence-corrected chi connectivity index (χ0v) is 14.1. The summed E-state index contributed by atoms with van der Waals surface area (Å²) in [4.78, 5) is 16.2. The van der Waals surface area contributed by atoms with E-state index in [-0.39, 0.29) is 24.6 Å². The van der Waals surface area contributed by atoms with E-state index in [0.29, 0.717) is 6.54 Å². The number of rotatable bonds is 7. The van der Waals surface area contributed by atoms with Crippen LogP contribution in [0.5, 0.6) is 0 Å². The summed E-state index contributed by atoms with van der Waals surface area (Å²) in [6.07, 6.45) is 11.2. The Morgan fingerprint density at radius 3 is 2.91 bits per heavy atom. The Hall–Kier alpha value is -1.56. The Morgan fingerprint density at radius 2 is 2.17 bits per heavy atom. The number of hydrogen-bond donors (Lipinski definition) is 3. The number of amides is 2. The quantitative estimate of drug-likeness (QED) is 0.532. The van der Waals surface area contributed by atoms with Gasteiger partial charge in [-0.15, -0.1) is 0 Å². The standard InChI is InChI=1S/C17H30N4O2/c1-14-18-10-12-21(14)11-6-5-9-19-17(23)20-16-8-4-2-3-7-15(16)13-22/h10,12,15-16,22H,2-9,11,13H2,1H3,(H2,19,20,23). The topological polar surface area (TPSA) is 79.2 Å². The maximum absolute atomic E-state index is 12.0. The van der Waals surface area contributed by atoms with Gasteiger partial charge in [-0.1, -0.05) is 19.3 Å². The molecule has 6 heteroatoms. The first kappa shape index (κ1) is 17.8. The van der Waals surface area contributed by atoms with Gasteiger partial charge in [0, 0.05) is 44.0 Å². The minimum atomic E-state index is -0.103. The van der Waals surface area contributed by atoms with Crippen molar-refractivity contribution in [2.24, 2.45) is 5.92 Å². The lowest BCUT2D eigenvalue weighted by atomic mass is 9.96. The van der Waals surface area contributed by atoms with Gasteiger partial charge in [0.1, 0.15) is 5.82 Å². The van der Waals surface area contributed by atoms with E-state index < -0.39 is 0 Å². The van der Waals surface area contributed by atoms with Crippen molar-refractivity contribution in [3.63, 3.8) is 0 Å². The van der Waals surface area contributed by atoms with Gasteiger partial charge in [-0.05, 0) is 32.6 Å². The van der Waals surface area contributed by atoms with Gasteiger partial charge < -0.3 is 20.3 Å². The number of nitrogens with one attached hydrogen (secondary N) is 2. The Kier molecular flexibility index (Phi) is 7.39. The number of aliphatic hydroxyl groups is 1. The van der Waals surface area contributed by atoms with Crippen LogP contribution in [0.25, 0.3) is 0 Å². The second-order valence-electron chi connectivity index (χ2n) is 6.46. The zero-order valence-electron chi connectivity index (χ0n) is 14.1. The molecule has 1 aliphatic rings. The molecular formula is C17H30N4O2. The molecule has 1 aliphatic carbocycles. The summed E-state index contributed by atoms with van der Waals surface area (Å²) in [7, 11) is 0. The highest BCUT2D eigenvalue weighted by Crippen LogP contribution is 2.23. The molecule has 0 spiro atoms. The van der Waals surface area contributed by atoms with E-state index in [0.717, 1.165) is 50.9 Å². The van der Waals surface area contributed by atoms with E-state index in [1.54, 1.807) is 0 Å². The number of urea groups is 1. The van der Waals surface area contributed by atoms with E-state index in [1.165, 1.54) is 6.42 Å². The molecular weight excluding hydrogens is 292 g/mol. The van der Waals surface area contributed by atoms with Crippen LogP contribution in [0.2, 0.25) is 0 Å². The highest BCUT2D eigenvalue weighted by Gasteiger charge is 2.24. The van der Waals surface area contributed by atoms with Gasteiger partial charge in [0.05, 0.1) is 0 Å². The van der Waals surface area contributed by atoms with Crippen LogP contribution in [0.3, 0.4) is 0 Å². The number of carbonyl (C=O) groups is 1. The molecule has 1 fully saturated rings. The fourth-order valence-electron chi connectivity index (χ4n) is 3.26. The highest BCUT2D eigenvalue weighted by atomic mass is 16.3. The van der Waals surface area contributed by atoms with Crippen LogP contribution in [0.4, 0.5) is 4.79 Å². The summed E-state index contributed by atoms with van der Waals surface area (Å²) >= 11 is 0. The smallest absolute Gasteiger partial charge is 0.315 e. The van der Waals surface area contributed by atoms with Crippen LogP contribution in [-0.2, 0) is 6.54 Å². The van der Waals surface area contributed by atoms with Crippen LogP contribution in [0.1, 0.15) is 50.8 Å². The molecule has 0 bridgehead atoms. The normalized spacial score (nSPS) is 21.7. The maximum Gasteiger partial charge on any atom is 0.315 e. The number of nitrogens with zero attached hydrogens (tertiary/aromatic N) is 2. The number of imidazole rings is 1. The molecule has 130 valence electrons. The molecule has 2 unspecified atom stereocenters. The Labute approximate surface area is 138 Å². The molecule has 2 amide bonds. The lowest BCUT2D eigenvalue weighted by molar-refractivity contribution is 0.179. The molecule has 3 N–H and O–H groups in total. The number of unbranched alkanes of at least 4 members (excludes halogenated alkanes) is 1. The van der Waals surface area contributed by atoms with Crippen LogP contribution >= 0.6 is 0 Å². The molecule has 6 nitrogen and oxygen atoms in total. The number of carbonyl (C=O) groups excluding carboxylic acids is 1. The fourth-order valence-corrected chi connectivity index (χ4v) is 3.26. The van der Waals surface area contributed by atoms with Crippen LogP contribution < -0.4 is 10.6 Å². The van der Waals surface area contributed by atoms with Crippen LogP contribution in [0.15, 0.2) is 12.4 Å². The van der Waals surface area contributed by atoms with Crippen molar-refractivity contribution < 1.29 is 9.90 Å². The van der Waals surface area contributed by atoms with Crippen molar-refractivity contribution in [2.45, 2.75) is 64.5 Å². The number of aryl methyl sites for hydroxylation is 2. The Morgan fingerprint density at radius 1 is 1.35 bits per heavy atom. The van der Waals surface area contributed by atoms with Gasteiger partial charge in [0.2, 0.25) is 0 Å². The van der Waals surface area contributed by atoms with Gasteiger partial charge in [-0.2, -0.15) is 0 Å². The van der Waals surface area contributed by atoms with E-state index in [1.807, 2.05) is 19.3 Å². The summed E-state index contributed by atoms with van der Waals surface area (Å²) < 4.78 is 2.12. The van der Waals surface area contributed by atoms with E-state index >= 15 is 0 Å². The van der Waals surface area contributed by atoms with Crippen LogP contribution in [0, 0.1) is 12.8 Å². The largest absolute Gasteiger partial charge is 0.396 e. The minimum absolute atomic E-state index is 0.103. The van der Waals surface area contributed by atoms with Crippen molar-refractivity contribution in [1.29, 1.82) is 0 Å². The molecule has 0 saturated heterocycles. The monoisotopic (exact) mass is 322 g/mol. The fraction of sp³-hybridized carbons (Fsp3) is 0.765. The maximum atomic E-state index is 12.0. The number of hydrogen-bond acceptors (Lipinski definition) is 3. The summed E-state index contributed by atoms with van der Waals surface area (Å²) in [5.41, 5.74) is 0. The summed E-state index contributed by atoms with van der Waals surface area (Å²) in [5, 5.41) is 15.5. The van der Waals surface area contributed by atoms with E-state index in [9.17, 15) is 9.90 Å². The Balaban J connectivity index is 1.61. The van der Waals surface area contributed by atoms with Gasteiger partial charge in [0.15, 0.2) is 0 Å². The van der Waals surface area contributed by atoms with Crippen molar-refractivity contribution in [2.75, 3.05) is 13.2 Å². The van der Waals surface area contributed by atoms with Gasteiger partial charge in [-0.3, -0.25) is 0 Å². The first-order chi connectivity index (χ1) is 11.2. The van der Waals surface area contributed by atoms with E-state index in [4.69, 9.17) is 0 Å². The Bertz CT molecular complexity index is 475. The predicted molar refractivity (Wildman–Crippen MR) is 90.2 cm³/mol. The summed E-state index contributed by atoms with van der Waals surface area (Å²) in [6.45, 7) is 3.77. The average molecular weight is 322 g/mol. The first-order valence-corrected chi connectivity index (χ1v) is 8.83. The van der Waals surface area contributed by atoms with Crippen molar-refractivity contribution in [1.82, 2.24) is 20.2 Å². The summed E-state index contributed by atoms with van der Waals surface area (Å²) in [5.74, 6) is 1.23. The van der Waals surface area contributed by atoms with Crippen LogP contribution in [-0.4, -0.2) is 39.9 Å². The van der Waals surface area contributed by atoms with Gasteiger partial charge >= 0.3 is 6.03 Å². The molecule has 2 atom stereocenters. The van der Waals surface area contributed by atoms with Crippen molar-refractivity contribution in [3.8, 4) is 0 Å². The third-order valence-corrected chi connectivity index (χ3v) is 4.75. The molecule has 23 heavy (non-hydrogen) atoms.